The third-order valence-corrected chi connectivity index (χ3v) is 3.44. The minimum atomic E-state index is -1.11. The van der Waals surface area contributed by atoms with Crippen molar-refractivity contribution in [1.29, 1.82) is 0 Å². The van der Waals surface area contributed by atoms with Crippen LogP contribution in [0.15, 0.2) is 10.5 Å². The molecular weight excluding hydrogens is 268 g/mol. The number of nitrogens with zero attached hydrogens (tertiary/aromatic N) is 1. The first-order valence-corrected chi connectivity index (χ1v) is 6.25. The van der Waals surface area contributed by atoms with Crippen molar-refractivity contribution in [3.8, 4) is 0 Å². The number of hydrogen-bond acceptors (Lipinski definition) is 5. The van der Waals surface area contributed by atoms with Crippen molar-refractivity contribution in [2.24, 2.45) is 0 Å². The quantitative estimate of drug-likeness (QED) is 0.901. The summed E-state index contributed by atoms with van der Waals surface area (Å²) in [6, 6.07) is 1.61. The van der Waals surface area contributed by atoms with Gasteiger partial charge in [-0.05, 0) is 38.4 Å². The first-order chi connectivity index (χ1) is 8.90. The fraction of sp³-hybridized carbons (Fsp3) is 0.250. The molecule has 19 heavy (non-hydrogen) atoms. The highest BCUT2D eigenvalue weighted by Gasteiger charge is 2.21. The highest BCUT2D eigenvalue weighted by molar-refractivity contribution is 7.11. The Morgan fingerprint density at radius 1 is 1.37 bits per heavy atom. The van der Waals surface area contributed by atoms with E-state index >= 15 is 0 Å². The molecule has 0 fully saturated rings. The number of aromatic nitrogens is 1. The van der Waals surface area contributed by atoms with Crippen LogP contribution in [0.5, 0.6) is 0 Å². The lowest BCUT2D eigenvalue weighted by Gasteiger charge is -2.02. The Kier molecular flexibility index (Phi) is 3.39. The summed E-state index contributed by atoms with van der Waals surface area (Å²) in [6.07, 6.45) is 0. The fourth-order valence-electron chi connectivity index (χ4n) is 1.73. The van der Waals surface area contributed by atoms with Crippen molar-refractivity contribution in [3.05, 3.63) is 34.4 Å². The van der Waals surface area contributed by atoms with Gasteiger partial charge in [-0.25, -0.2) is 4.79 Å². The molecule has 2 aromatic heterocycles. The van der Waals surface area contributed by atoms with Gasteiger partial charge in [-0.15, -0.1) is 0 Å². The van der Waals surface area contributed by atoms with E-state index in [1.165, 1.54) is 0 Å². The molecule has 2 aromatic rings. The van der Waals surface area contributed by atoms with E-state index in [0.29, 0.717) is 22.8 Å². The Morgan fingerprint density at radius 3 is 2.58 bits per heavy atom. The molecule has 100 valence electrons. The van der Waals surface area contributed by atoms with Gasteiger partial charge in [-0.1, -0.05) is 0 Å². The van der Waals surface area contributed by atoms with Gasteiger partial charge in [0, 0.05) is 0 Å². The monoisotopic (exact) mass is 280 g/mol. The number of carbonyl (C=O) groups excluding carboxylic acids is 1. The molecule has 0 saturated heterocycles. The van der Waals surface area contributed by atoms with Gasteiger partial charge in [-0.2, -0.15) is 4.37 Å². The number of furan rings is 1. The summed E-state index contributed by atoms with van der Waals surface area (Å²) in [5.74, 6) is -0.392. The molecule has 0 aliphatic heterocycles. The maximum Gasteiger partial charge on any atom is 0.340 e. The van der Waals surface area contributed by atoms with E-state index < -0.39 is 11.9 Å². The van der Waals surface area contributed by atoms with Gasteiger partial charge in [0.1, 0.15) is 22.1 Å². The fourth-order valence-corrected chi connectivity index (χ4v) is 2.52. The SMILES string of the molecule is Cc1cc(C(=O)Nc2snc(C)c2C(=O)O)c(C)o1. The summed E-state index contributed by atoms with van der Waals surface area (Å²) < 4.78 is 9.20. The minimum Gasteiger partial charge on any atom is -0.478 e. The van der Waals surface area contributed by atoms with Crippen molar-refractivity contribution in [2.75, 3.05) is 5.32 Å². The first kappa shape index (κ1) is 13.3. The third kappa shape index (κ3) is 2.50. The van der Waals surface area contributed by atoms with Gasteiger partial charge >= 0.3 is 5.97 Å². The molecular formula is C12H12N2O4S. The highest BCUT2D eigenvalue weighted by Crippen LogP contribution is 2.25. The van der Waals surface area contributed by atoms with Crippen LogP contribution in [0.2, 0.25) is 0 Å². The second-order valence-corrected chi connectivity index (χ2v) is 4.83. The van der Waals surface area contributed by atoms with Crippen LogP contribution >= 0.6 is 11.5 Å². The topological polar surface area (TPSA) is 92.4 Å². The lowest BCUT2D eigenvalue weighted by molar-refractivity contribution is 0.0697. The van der Waals surface area contributed by atoms with E-state index in [9.17, 15) is 9.59 Å². The number of carboxylic acids is 1. The maximum atomic E-state index is 12.0. The number of anilines is 1. The Bertz CT molecular complexity index is 657. The lowest BCUT2D eigenvalue weighted by atomic mass is 10.2. The number of aryl methyl sites for hydroxylation is 3. The molecule has 6 nitrogen and oxygen atoms in total. The predicted octanol–water partition coefficient (Wildman–Crippen LogP) is 2.61. The molecule has 0 spiro atoms. The van der Waals surface area contributed by atoms with Gasteiger partial charge in [0.2, 0.25) is 0 Å². The Balaban J connectivity index is 2.29. The molecule has 7 heteroatoms. The largest absolute Gasteiger partial charge is 0.478 e. The van der Waals surface area contributed by atoms with E-state index in [1.54, 1.807) is 26.8 Å². The summed E-state index contributed by atoms with van der Waals surface area (Å²) in [6.45, 7) is 5.00. The van der Waals surface area contributed by atoms with E-state index in [2.05, 4.69) is 9.69 Å². The van der Waals surface area contributed by atoms with E-state index in [0.717, 1.165) is 11.5 Å². The van der Waals surface area contributed by atoms with E-state index in [4.69, 9.17) is 9.52 Å². The highest BCUT2D eigenvalue weighted by atomic mass is 32.1. The average molecular weight is 280 g/mol. The molecule has 0 aliphatic carbocycles. The zero-order valence-electron chi connectivity index (χ0n) is 10.6. The molecule has 0 aliphatic rings. The number of carbonyl (C=O) groups is 2. The maximum absolute atomic E-state index is 12.0. The number of aromatic carboxylic acids is 1. The van der Waals surface area contributed by atoms with Crippen LogP contribution in [0.1, 0.15) is 37.9 Å². The summed E-state index contributed by atoms with van der Waals surface area (Å²) >= 11 is 0.947. The number of rotatable bonds is 3. The van der Waals surface area contributed by atoms with Gasteiger partial charge < -0.3 is 14.8 Å². The predicted molar refractivity (Wildman–Crippen MR) is 69.9 cm³/mol. The Morgan fingerprint density at radius 2 is 2.05 bits per heavy atom. The molecule has 0 unspecified atom stereocenters. The van der Waals surface area contributed by atoms with Gasteiger partial charge in [0.05, 0.1) is 11.3 Å². The van der Waals surface area contributed by atoms with Crippen molar-refractivity contribution in [3.63, 3.8) is 0 Å². The summed E-state index contributed by atoms with van der Waals surface area (Å²) in [4.78, 5) is 23.1. The van der Waals surface area contributed by atoms with Crippen molar-refractivity contribution < 1.29 is 19.1 Å². The van der Waals surface area contributed by atoms with Crippen molar-refractivity contribution in [2.45, 2.75) is 20.8 Å². The molecule has 0 saturated carbocycles. The second kappa shape index (κ2) is 4.85. The summed E-state index contributed by atoms with van der Waals surface area (Å²) in [5, 5.41) is 11.9. The van der Waals surface area contributed by atoms with E-state index in [1.807, 2.05) is 0 Å². The smallest absolute Gasteiger partial charge is 0.340 e. The Labute approximate surface area is 113 Å². The molecule has 0 radical (unpaired) electrons. The summed E-state index contributed by atoms with van der Waals surface area (Å²) in [7, 11) is 0. The average Bonchev–Trinajstić information content (AvgIpc) is 2.82. The lowest BCUT2D eigenvalue weighted by Crippen LogP contribution is -2.13. The number of hydrogen-bond donors (Lipinski definition) is 2. The molecule has 0 bridgehead atoms. The number of nitrogens with one attached hydrogen (secondary N) is 1. The summed E-state index contributed by atoms with van der Waals surface area (Å²) in [5.41, 5.74) is 0.795. The molecule has 2 N–H and O–H groups in total. The first-order valence-electron chi connectivity index (χ1n) is 5.48. The number of carboxylic acid groups (broad SMARTS) is 1. The van der Waals surface area contributed by atoms with Crippen LogP contribution in [0.25, 0.3) is 0 Å². The van der Waals surface area contributed by atoms with Gasteiger partial charge in [0.25, 0.3) is 5.91 Å². The van der Waals surface area contributed by atoms with Crippen molar-refractivity contribution >= 4 is 28.4 Å². The van der Waals surface area contributed by atoms with Gasteiger partial charge in [-0.3, -0.25) is 4.79 Å². The van der Waals surface area contributed by atoms with Crippen LogP contribution in [-0.4, -0.2) is 21.4 Å². The van der Waals surface area contributed by atoms with Crippen LogP contribution in [0.4, 0.5) is 5.00 Å². The van der Waals surface area contributed by atoms with Crippen LogP contribution < -0.4 is 5.32 Å². The number of amides is 1. The minimum absolute atomic E-state index is 0.0243. The second-order valence-electron chi connectivity index (χ2n) is 4.06. The van der Waals surface area contributed by atoms with E-state index in [-0.39, 0.29) is 10.6 Å². The normalized spacial score (nSPS) is 10.5. The zero-order chi connectivity index (χ0) is 14.2. The molecule has 2 heterocycles. The third-order valence-electron chi connectivity index (χ3n) is 2.59. The zero-order valence-corrected chi connectivity index (χ0v) is 11.4. The van der Waals surface area contributed by atoms with Crippen LogP contribution in [0, 0.1) is 20.8 Å². The Hall–Kier alpha value is -2.15. The molecule has 0 aromatic carbocycles. The van der Waals surface area contributed by atoms with Crippen LogP contribution in [0.3, 0.4) is 0 Å². The molecule has 0 atom stereocenters. The van der Waals surface area contributed by atoms with Crippen LogP contribution in [-0.2, 0) is 0 Å². The standard InChI is InChI=1S/C12H12N2O4S/c1-5-4-8(7(3)18-5)10(15)13-11-9(12(16)17)6(2)14-19-11/h4H,1-3H3,(H,13,15)(H,16,17). The van der Waals surface area contributed by atoms with Gasteiger partial charge in [0.15, 0.2) is 0 Å². The van der Waals surface area contributed by atoms with Crippen molar-refractivity contribution in [1.82, 2.24) is 4.37 Å². The molecule has 2 rings (SSSR count). The molecule has 1 amide bonds.